The molecule has 0 fully saturated rings. The zero-order valence-corrected chi connectivity index (χ0v) is 24.7. The molecule has 2 aromatic carbocycles. The Bertz CT molecular complexity index is 1290. The summed E-state index contributed by atoms with van der Waals surface area (Å²) < 4.78 is 0. The maximum absolute atomic E-state index is 4.33. The average molecular weight is 685 g/mol. The Morgan fingerprint density at radius 2 is 0.865 bits per heavy atom. The van der Waals surface area contributed by atoms with Crippen molar-refractivity contribution in [2.75, 3.05) is 0 Å². The van der Waals surface area contributed by atoms with Gasteiger partial charge in [-0.25, -0.2) is 0 Å². The van der Waals surface area contributed by atoms with Gasteiger partial charge in [-0.05, 0) is 36.4 Å². The fraction of sp³-hybridized carbons (Fsp3) is 0. The summed E-state index contributed by atoms with van der Waals surface area (Å²) in [6.45, 7) is 0. The molecule has 2 unspecified atom stereocenters. The summed E-state index contributed by atoms with van der Waals surface area (Å²) in [4.78, 5) is 8.66. The fourth-order valence-electron chi connectivity index (χ4n) is 3.72. The van der Waals surface area contributed by atoms with Crippen molar-refractivity contribution in [1.29, 1.82) is 0 Å². The summed E-state index contributed by atoms with van der Waals surface area (Å²) in [5.74, 6) is 4.43. The first kappa shape index (κ1) is 26.8. The molecule has 0 amide bonds. The molecule has 1 radical (unpaired) electrons. The molecular weight excluding hydrogens is 661 g/mol. The Hall–Kier alpha value is -3.30. The van der Waals surface area contributed by atoms with E-state index < -0.39 is 0 Å². The van der Waals surface area contributed by atoms with E-state index in [1.807, 2.05) is 54.6 Å². The van der Waals surface area contributed by atoms with E-state index in [0.29, 0.717) is 0 Å². The predicted octanol–water partition coefficient (Wildman–Crippen LogP) is 9.05. The van der Waals surface area contributed by atoms with Gasteiger partial charge in [0.1, 0.15) is 11.6 Å². The second-order valence-corrected chi connectivity index (χ2v) is 10.3. The zero-order chi connectivity index (χ0) is 24.4. The fourth-order valence-corrected chi connectivity index (χ4v) is 5.48. The van der Waals surface area contributed by atoms with Gasteiger partial charge in [-0.2, -0.15) is 0 Å². The van der Waals surface area contributed by atoms with Crippen LogP contribution in [0.2, 0.25) is 0 Å². The topological polar surface area (TPSA) is 25.8 Å². The van der Waals surface area contributed by atoms with Gasteiger partial charge in [0.05, 0.1) is 27.0 Å². The van der Waals surface area contributed by atoms with E-state index in [-0.39, 0.29) is 20.4 Å². The maximum Gasteiger partial charge on any atom is 0.104 e. The molecule has 4 heterocycles. The second kappa shape index (κ2) is 13.9. The minimum absolute atomic E-state index is 0. The first-order chi connectivity index (χ1) is 17.9. The quantitative estimate of drug-likeness (QED) is 0.173. The molecule has 0 aliphatic heterocycles. The van der Waals surface area contributed by atoms with Crippen LogP contribution in [0.5, 0.6) is 0 Å². The van der Waals surface area contributed by atoms with Crippen molar-refractivity contribution >= 4 is 16.4 Å². The molecule has 0 saturated carbocycles. The Labute approximate surface area is 235 Å². The van der Waals surface area contributed by atoms with Crippen LogP contribution < -0.4 is 0 Å². The van der Waals surface area contributed by atoms with Crippen LogP contribution in [0.3, 0.4) is 0 Å². The Kier molecular flexibility index (Phi) is 10.0. The van der Waals surface area contributed by atoms with Crippen LogP contribution in [0.15, 0.2) is 133 Å². The van der Waals surface area contributed by atoms with Crippen LogP contribution >= 0.6 is 16.4 Å². The third-order valence-corrected chi connectivity index (χ3v) is 7.68. The number of hydrogen-bond donors (Lipinski definition) is 0. The van der Waals surface area contributed by atoms with E-state index in [1.54, 1.807) is 12.4 Å². The molecule has 6 aromatic rings. The molecule has 0 spiro atoms. The molecule has 2 atom stereocenters. The number of rotatable bonds is 4. The van der Waals surface area contributed by atoms with Gasteiger partial charge < -0.3 is 0 Å². The van der Waals surface area contributed by atoms with E-state index in [4.69, 9.17) is 0 Å². The number of pyridine rings is 2. The molecule has 2 nitrogen and oxygen atoms in total. The van der Waals surface area contributed by atoms with Crippen molar-refractivity contribution in [1.82, 2.24) is 9.97 Å². The normalized spacial score (nSPS) is 10.4. The molecule has 0 saturated heterocycles. The van der Waals surface area contributed by atoms with Crippen molar-refractivity contribution in [3.63, 3.8) is 0 Å². The summed E-state index contributed by atoms with van der Waals surface area (Å²) in [7, 11) is 1.51. The summed E-state index contributed by atoms with van der Waals surface area (Å²) in [6, 6.07) is 43.9. The third-order valence-electron chi connectivity index (χ3n) is 5.47. The molecule has 179 valence electrons. The van der Waals surface area contributed by atoms with Crippen molar-refractivity contribution < 1.29 is 20.4 Å². The van der Waals surface area contributed by atoms with E-state index in [0.717, 1.165) is 38.9 Å². The molecule has 0 aliphatic carbocycles. The van der Waals surface area contributed by atoms with E-state index in [9.17, 15) is 0 Å². The first-order valence-electron chi connectivity index (χ1n) is 11.7. The first-order valence-corrected chi connectivity index (χ1v) is 13.8. The van der Waals surface area contributed by atoms with Gasteiger partial charge in [0, 0.05) is 44.2 Å². The molecule has 6 rings (SSSR count). The Morgan fingerprint density at radius 3 is 1.27 bits per heavy atom. The van der Waals surface area contributed by atoms with Crippen LogP contribution in [0.1, 0.15) is 0 Å². The molecule has 4 aromatic heterocycles. The summed E-state index contributed by atoms with van der Waals surface area (Å²) in [5.41, 5.74) is 6.28. The molecular formula is C32H24N2P2Re. The van der Waals surface area contributed by atoms with Gasteiger partial charge in [0.15, 0.2) is 0 Å². The summed E-state index contributed by atoms with van der Waals surface area (Å²) in [5, 5.41) is 2.75. The van der Waals surface area contributed by atoms with Crippen molar-refractivity contribution in [2.45, 2.75) is 0 Å². The smallest absolute Gasteiger partial charge is 0.104 e. The average Bonchev–Trinajstić information content (AvgIpc) is 2.99. The summed E-state index contributed by atoms with van der Waals surface area (Å²) in [6.07, 6.45) is 3.58. The number of hydrogen-bond acceptors (Lipinski definition) is 2. The molecule has 0 bridgehead atoms. The standard InChI is InChI=1S/C16H11N2.C16H11P2.Re/c2*1-3-10-17-15(8-1)13-6-5-7-14(12-13)16-9-2-4-11-18-16;/h2*1-11H;/q2*-1;/p+2. The minimum Gasteiger partial charge on any atom is -0.295 e. The van der Waals surface area contributed by atoms with Gasteiger partial charge in [0.25, 0.3) is 0 Å². The van der Waals surface area contributed by atoms with Crippen LogP contribution in [-0.4, -0.2) is 9.97 Å². The SMILES string of the molecule is [Re].[c-]1c(-c2cccc[pH+]2)cccc1-c1cccc[pH+]1.[c-]1c(-c2ccccn2)cccc1-c1ccccn1. The van der Waals surface area contributed by atoms with E-state index >= 15 is 0 Å². The van der Waals surface area contributed by atoms with Crippen LogP contribution in [0.25, 0.3) is 44.2 Å². The van der Waals surface area contributed by atoms with Gasteiger partial charge in [-0.1, -0.05) is 58.7 Å². The van der Waals surface area contributed by atoms with Gasteiger partial charge >= 0.3 is 0 Å². The molecule has 5 heteroatoms. The molecule has 37 heavy (non-hydrogen) atoms. The largest absolute Gasteiger partial charge is 0.295 e. The predicted molar refractivity (Wildman–Crippen MR) is 156 cm³/mol. The minimum atomic E-state index is 0. The molecule has 0 aliphatic rings. The van der Waals surface area contributed by atoms with Gasteiger partial charge in [0.2, 0.25) is 0 Å². The van der Waals surface area contributed by atoms with Gasteiger partial charge in [-0.3, -0.25) is 9.97 Å². The van der Waals surface area contributed by atoms with Crippen molar-refractivity contribution in [3.8, 4) is 44.2 Å². The monoisotopic (exact) mass is 685 g/mol. The van der Waals surface area contributed by atoms with E-state index in [2.05, 4.69) is 88.3 Å². The molecule has 0 N–H and O–H groups in total. The van der Waals surface area contributed by atoms with Gasteiger partial charge in [-0.15, -0.1) is 48.5 Å². The van der Waals surface area contributed by atoms with Crippen molar-refractivity contribution in [2.24, 2.45) is 0 Å². The number of benzene rings is 2. The number of nitrogens with zero attached hydrogens (tertiary/aromatic N) is 2. The Balaban J connectivity index is 0.000000168. The Morgan fingerprint density at radius 1 is 0.432 bits per heavy atom. The summed E-state index contributed by atoms with van der Waals surface area (Å²) >= 11 is 0. The maximum atomic E-state index is 4.33. The van der Waals surface area contributed by atoms with Crippen LogP contribution in [0, 0.1) is 12.1 Å². The van der Waals surface area contributed by atoms with Crippen LogP contribution in [0.4, 0.5) is 0 Å². The zero-order valence-electron chi connectivity index (χ0n) is 20.0. The third kappa shape index (κ3) is 7.36. The van der Waals surface area contributed by atoms with E-state index in [1.165, 1.54) is 21.7 Å². The second-order valence-electron chi connectivity index (χ2n) is 7.94. The number of aromatic nitrogens is 2. The van der Waals surface area contributed by atoms with Crippen molar-refractivity contribution in [3.05, 3.63) is 145 Å². The van der Waals surface area contributed by atoms with Crippen LogP contribution in [-0.2, 0) is 20.4 Å².